The van der Waals surface area contributed by atoms with Gasteiger partial charge in [-0.3, -0.25) is 9.67 Å². The van der Waals surface area contributed by atoms with Crippen LogP contribution in [-0.2, 0) is 0 Å². The second-order valence-electron chi connectivity index (χ2n) is 3.58. The molecule has 0 spiro atoms. The van der Waals surface area contributed by atoms with Gasteiger partial charge in [0.2, 0.25) is 0 Å². The highest BCUT2D eigenvalue weighted by molar-refractivity contribution is 5.55. The van der Waals surface area contributed by atoms with Gasteiger partial charge in [0.15, 0.2) is 17.5 Å². The molecule has 0 aliphatic carbocycles. The second kappa shape index (κ2) is 4.02. The molecule has 90 valence electrons. The first kappa shape index (κ1) is 10.6. The van der Waals surface area contributed by atoms with Crippen LogP contribution in [0.4, 0.5) is 8.78 Å². The van der Waals surface area contributed by atoms with Crippen LogP contribution in [-0.4, -0.2) is 24.7 Å². The first-order valence-electron chi connectivity index (χ1n) is 5.10. The van der Waals surface area contributed by atoms with Crippen molar-refractivity contribution in [3.63, 3.8) is 0 Å². The zero-order chi connectivity index (χ0) is 12.5. The normalized spacial score (nSPS) is 10.8. The topological polar surface area (TPSA) is 59.4 Å². The third-order valence-corrected chi connectivity index (χ3v) is 2.40. The van der Waals surface area contributed by atoms with E-state index in [9.17, 15) is 8.78 Å². The molecule has 0 atom stereocenters. The van der Waals surface area contributed by atoms with E-state index in [1.165, 1.54) is 12.4 Å². The predicted molar refractivity (Wildman–Crippen MR) is 58.9 cm³/mol. The number of halogens is 2. The molecule has 7 heteroatoms. The van der Waals surface area contributed by atoms with Crippen molar-refractivity contribution >= 4 is 0 Å². The second-order valence-corrected chi connectivity index (χ2v) is 3.58. The standard InChI is InChI=1S/C11H7F2N5/c12-8-2-1-7(5-9(8)13)10-15-11(17-16-10)18-4-3-14-6-18/h1-6H,(H,15,16,17). The lowest BCUT2D eigenvalue weighted by molar-refractivity contribution is 0.509. The van der Waals surface area contributed by atoms with Gasteiger partial charge in [-0.15, -0.1) is 5.10 Å². The lowest BCUT2D eigenvalue weighted by Crippen LogP contribution is -1.92. The van der Waals surface area contributed by atoms with E-state index >= 15 is 0 Å². The molecule has 5 nitrogen and oxygen atoms in total. The van der Waals surface area contributed by atoms with Gasteiger partial charge >= 0.3 is 0 Å². The lowest BCUT2D eigenvalue weighted by Gasteiger charge is -1.96. The Bertz CT molecular complexity index is 675. The molecule has 18 heavy (non-hydrogen) atoms. The molecule has 0 saturated carbocycles. The van der Waals surface area contributed by atoms with Gasteiger partial charge in [0.05, 0.1) is 0 Å². The minimum atomic E-state index is -0.923. The molecular formula is C11H7F2N5. The van der Waals surface area contributed by atoms with E-state index in [0.717, 1.165) is 12.1 Å². The van der Waals surface area contributed by atoms with E-state index in [1.807, 2.05) is 0 Å². The number of aromatic nitrogens is 5. The van der Waals surface area contributed by atoms with Crippen LogP contribution in [0, 0.1) is 11.6 Å². The van der Waals surface area contributed by atoms with Crippen LogP contribution >= 0.6 is 0 Å². The molecule has 2 heterocycles. The Morgan fingerprint density at radius 3 is 2.78 bits per heavy atom. The SMILES string of the molecule is Fc1ccc(-c2nc(-n3ccnc3)n[nH]2)cc1F. The zero-order valence-electron chi connectivity index (χ0n) is 9.01. The first-order chi connectivity index (χ1) is 8.74. The molecule has 0 fully saturated rings. The van der Waals surface area contributed by atoms with Gasteiger partial charge in [0, 0.05) is 18.0 Å². The number of imidazole rings is 1. The van der Waals surface area contributed by atoms with Crippen molar-refractivity contribution in [2.24, 2.45) is 0 Å². The molecule has 1 aromatic carbocycles. The number of H-pyrrole nitrogens is 1. The summed E-state index contributed by atoms with van der Waals surface area (Å²) in [6, 6.07) is 3.54. The van der Waals surface area contributed by atoms with Crippen molar-refractivity contribution in [3.05, 3.63) is 48.6 Å². The molecule has 1 N–H and O–H groups in total. The molecule has 0 aliphatic rings. The molecule has 0 unspecified atom stereocenters. The molecule has 2 aromatic heterocycles. The van der Waals surface area contributed by atoms with Crippen LogP contribution in [0.3, 0.4) is 0 Å². The number of rotatable bonds is 2. The van der Waals surface area contributed by atoms with E-state index in [1.54, 1.807) is 17.0 Å². The molecule has 3 rings (SSSR count). The molecule has 0 saturated heterocycles. The zero-order valence-corrected chi connectivity index (χ0v) is 9.01. The first-order valence-corrected chi connectivity index (χ1v) is 5.10. The Labute approximate surface area is 100 Å². The summed E-state index contributed by atoms with van der Waals surface area (Å²) in [6.07, 6.45) is 4.81. The van der Waals surface area contributed by atoms with E-state index in [4.69, 9.17) is 0 Å². The van der Waals surface area contributed by atoms with Crippen molar-refractivity contribution in [2.45, 2.75) is 0 Å². The summed E-state index contributed by atoms with van der Waals surface area (Å²) in [6.45, 7) is 0. The van der Waals surface area contributed by atoms with Crippen molar-refractivity contribution in [1.82, 2.24) is 24.7 Å². The maximum atomic E-state index is 13.1. The fraction of sp³-hybridized carbons (Fsp3) is 0. The highest BCUT2D eigenvalue weighted by Gasteiger charge is 2.09. The van der Waals surface area contributed by atoms with Gasteiger partial charge in [0.25, 0.3) is 5.95 Å². The van der Waals surface area contributed by atoms with Crippen LogP contribution in [0.5, 0.6) is 0 Å². The number of nitrogens with zero attached hydrogens (tertiary/aromatic N) is 4. The fourth-order valence-electron chi connectivity index (χ4n) is 1.52. The highest BCUT2D eigenvalue weighted by atomic mass is 19.2. The monoisotopic (exact) mass is 247 g/mol. The summed E-state index contributed by atoms with van der Waals surface area (Å²) in [5, 5.41) is 6.62. The summed E-state index contributed by atoms with van der Waals surface area (Å²) in [4.78, 5) is 8.03. The third-order valence-electron chi connectivity index (χ3n) is 2.40. The summed E-state index contributed by atoms with van der Waals surface area (Å²) >= 11 is 0. The summed E-state index contributed by atoms with van der Waals surface area (Å²) in [5.74, 6) is -1.08. The van der Waals surface area contributed by atoms with Gasteiger partial charge in [0.1, 0.15) is 6.33 Å². The Hall–Kier alpha value is -2.57. The number of hydrogen-bond acceptors (Lipinski definition) is 3. The number of nitrogens with one attached hydrogen (secondary N) is 1. The van der Waals surface area contributed by atoms with Crippen LogP contribution in [0.2, 0.25) is 0 Å². The van der Waals surface area contributed by atoms with Gasteiger partial charge in [-0.2, -0.15) is 4.98 Å². The molecule has 0 radical (unpaired) electrons. The summed E-state index contributed by atoms with van der Waals surface area (Å²) in [5.41, 5.74) is 0.424. The van der Waals surface area contributed by atoms with Gasteiger partial charge in [-0.05, 0) is 18.2 Å². The minimum Gasteiger partial charge on any atom is -0.273 e. The van der Waals surface area contributed by atoms with Crippen molar-refractivity contribution in [3.8, 4) is 17.3 Å². The van der Waals surface area contributed by atoms with E-state index in [0.29, 0.717) is 17.3 Å². The van der Waals surface area contributed by atoms with Crippen LogP contribution in [0.25, 0.3) is 17.3 Å². The summed E-state index contributed by atoms with van der Waals surface area (Å²) < 4.78 is 27.5. The predicted octanol–water partition coefficient (Wildman–Crippen LogP) is 1.94. The third kappa shape index (κ3) is 1.75. The average Bonchev–Trinajstić information content (AvgIpc) is 3.01. The van der Waals surface area contributed by atoms with Gasteiger partial charge in [-0.1, -0.05) is 0 Å². The molecule has 0 bridgehead atoms. The van der Waals surface area contributed by atoms with Crippen molar-refractivity contribution < 1.29 is 8.78 Å². The van der Waals surface area contributed by atoms with Crippen LogP contribution in [0.1, 0.15) is 0 Å². The van der Waals surface area contributed by atoms with Crippen molar-refractivity contribution in [2.75, 3.05) is 0 Å². The Morgan fingerprint density at radius 2 is 2.06 bits per heavy atom. The van der Waals surface area contributed by atoms with E-state index in [2.05, 4.69) is 20.2 Å². The Morgan fingerprint density at radius 1 is 1.17 bits per heavy atom. The fourth-order valence-corrected chi connectivity index (χ4v) is 1.52. The summed E-state index contributed by atoms with van der Waals surface area (Å²) in [7, 11) is 0. The Kier molecular flexibility index (Phi) is 2.36. The number of hydrogen-bond donors (Lipinski definition) is 1. The smallest absolute Gasteiger partial charge is 0.254 e. The van der Waals surface area contributed by atoms with Crippen LogP contribution in [0.15, 0.2) is 36.9 Å². The minimum absolute atomic E-state index is 0.359. The van der Waals surface area contributed by atoms with Gasteiger partial charge in [-0.25, -0.2) is 13.8 Å². The largest absolute Gasteiger partial charge is 0.273 e. The molecule has 0 amide bonds. The molecule has 3 aromatic rings. The molecular weight excluding hydrogens is 240 g/mol. The van der Waals surface area contributed by atoms with E-state index in [-0.39, 0.29) is 0 Å². The number of aromatic amines is 1. The van der Waals surface area contributed by atoms with Crippen LogP contribution < -0.4 is 0 Å². The Balaban J connectivity index is 2.00. The van der Waals surface area contributed by atoms with Gasteiger partial charge < -0.3 is 0 Å². The van der Waals surface area contributed by atoms with E-state index < -0.39 is 11.6 Å². The maximum absolute atomic E-state index is 13.1. The quantitative estimate of drug-likeness (QED) is 0.752. The molecule has 0 aliphatic heterocycles. The highest BCUT2D eigenvalue weighted by Crippen LogP contribution is 2.18. The maximum Gasteiger partial charge on any atom is 0.254 e. The average molecular weight is 247 g/mol. The lowest BCUT2D eigenvalue weighted by atomic mass is 10.2. The van der Waals surface area contributed by atoms with Crippen molar-refractivity contribution in [1.29, 1.82) is 0 Å². The number of benzene rings is 1.